The van der Waals surface area contributed by atoms with Gasteiger partial charge in [0.05, 0.1) is 12.8 Å². The predicted octanol–water partition coefficient (Wildman–Crippen LogP) is 4.27. The topological polar surface area (TPSA) is 91.2 Å². The number of carbonyl (C=O) groups is 1. The number of hydrogen-bond acceptors (Lipinski definition) is 5. The highest BCUT2D eigenvalue weighted by Crippen LogP contribution is 2.38. The van der Waals surface area contributed by atoms with Gasteiger partial charge in [-0.1, -0.05) is 19.1 Å². The Labute approximate surface area is 172 Å². The van der Waals surface area contributed by atoms with Gasteiger partial charge in [-0.3, -0.25) is 4.79 Å². The number of benzene rings is 2. The number of carbonyl (C=O) groups excluding carboxylic acids is 1. The van der Waals surface area contributed by atoms with Crippen LogP contribution < -0.4 is 10.1 Å². The van der Waals surface area contributed by atoms with Crippen molar-refractivity contribution >= 4 is 17.3 Å². The van der Waals surface area contributed by atoms with Gasteiger partial charge in [0, 0.05) is 23.2 Å². The second-order valence-electron chi connectivity index (χ2n) is 6.91. The van der Waals surface area contributed by atoms with Gasteiger partial charge in [0.25, 0.3) is 11.8 Å². The number of aliphatic hydroxyl groups excluding tert-OH is 1. The number of rotatable bonds is 6. The van der Waals surface area contributed by atoms with Gasteiger partial charge in [0.1, 0.15) is 11.3 Å². The number of hydrogen-bond donors (Lipinski definition) is 3. The predicted molar refractivity (Wildman–Crippen MR) is 109 cm³/mol. The van der Waals surface area contributed by atoms with Crippen LogP contribution in [0.4, 0.5) is 14.5 Å². The SMILES string of the molecule is CCC(F)(F)c1cccc(NC(=O)C2=C(O)C(O)(c3ccc(OC)cc3)N=C2C)c1. The minimum atomic E-state index is -3.03. The van der Waals surface area contributed by atoms with E-state index in [9.17, 15) is 23.8 Å². The smallest absolute Gasteiger partial charge is 0.273 e. The quantitative estimate of drug-likeness (QED) is 0.656. The summed E-state index contributed by atoms with van der Waals surface area (Å²) in [5.74, 6) is -3.89. The van der Waals surface area contributed by atoms with Crippen molar-refractivity contribution < 1.29 is 28.5 Å². The van der Waals surface area contributed by atoms with Gasteiger partial charge in [-0.2, -0.15) is 0 Å². The van der Waals surface area contributed by atoms with Crippen LogP contribution in [-0.4, -0.2) is 28.9 Å². The van der Waals surface area contributed by atoms with Crippen LogP contribution >= 0.6 is 0 Å². The molecule has 2 aromatic carbocycles. The molecule has 1 aliphatic heterocycles. The molecule has 3 N–H and O–H groups in total. The van der Waals surface area contributed by atoms with E-state index in [-0.39, 0.29) is 34.5 Å². The number of aliphatic hydroxyl groups is 2. The molecule has 0 radical (unpaired) electrons. The minimum Gasteiger partial charge on any atom is -0.506 e. The van der Waals surface area contributed by atoms with Gasteiger partial charge in [-0.25, -0.2) is 13.8 Å². The third-order valence-electron chi connectivity index (χ3n) is 4.96. The summed E-state index contributed by atoms with van der Waals surface area (Å²) in [5.41, 5.74) is -2.09. The lowest BCUT2D eigenvalue weighted by atomic mass is 9.99. The number of nitrogens with one attached hydrogen (secondary N) is 1. The maximum Gasteiger partial charge on any atom is 0.273 e. The molecule has 0 saturated heterocycles. The highest BCUT2D eigenvalue weighted by atomic mass is 19.3. The number of anilines is 1. The first-order valence-corrected chi connectivity index (χ1v) is 9.29. The third kappa shape index (κ3) is 3.78. The highest BCUT2D eigenvalue weighted by molar-refractivity contribution is 6.26. The molecule has 8 heteroatoms. The van der Waals surface area contributed by atoms with E-state index in [1.807, 2.05) is 0 Å². The van der Waals surface area contributed by atoms with E-state index in [0.29, 0.717) is 5.75 Å². The molecule has 1 aliphatic rings. The number of nitrogens with zero attached hydrogens (tertiary/aromatic N) is 1. The van der Waals surface area contributed by atoms with Crippen LogP contribution in [0.15, 0.2) is 64.9 Å². The molecule has 0 bridgehead atoms. The lowest BCUT2D eigenvalue weighted by molar-refractivity contribution is -0.112. The zero-order valence-electron chi connectivity index (χ0n) is 16.7. The Kier molecular flexibility index (Phi) is 5.63. The molecule has 1 amide bonds. The number of aliphatic imine (C=N–C) groups is 1. The number of halogens is 2. The molecular weight excluding hydrogens is 394 g/mol. The average Bonchev–Trinajstić information content (AvgIpc) is 2.97. The molecule has 0 spiro atoms. The zero-order valence-corrected chi connectivity index (χ0v) is 16.7. The summed E-state index contributed by atoms with van der Waals surface area (Å²) in [6.45, 7) is 2.83. The number of alkyl halides is 2. The van der Waals surface area contributed by atoms with Crippen LogP contribution in [-0.2, 0) is 16.4 Å². The Hall–Kier alpha value is -3.26. The molecule has 1 unspecified atom stereocenters. The fraction of sp³-hybridized carbons (Fsp3) is 0.273. The monoisotopic (exact) mass is 416 g/mol. The normalized spacial score (nSPS) is 18.9. The van der Waals surface area contributed by atoms with E-state index in [4.69, 9.17) is 4.74 Å². The van der Waals surface area contributed by atoms with Crippen LogP contribution in [0.1, 0.15) is 31.4 Å². The second-order valence-corrected chi connectivity index (χ2v) is 6.91. The fourth-order valence-corrected chi connectivity index (χ4v) is 3.22. The molecule has 0 fully saturated rings. The van der Waals surface area contributed by atoms with Crippen LogP contribution in [0.2, 0.25) is 0 Å². The Balaban J connectivity index is 1.91. The van der Waals surface area contributed by atoms with Gasteiger partial charge >= 0.3 is 0 Å². The van der Waals surface area contributed by atoms with Gasteiger partial charge in [0.2, 0.25) is 5.72 Å². The summed E-state index contributed by atoms with van der Waals surface area (Å²) in [5, 5.41) is 24.0. The lowest BCUT2D eigenvalue weighted by Crippen LogP contribution is -2.25. The molecule has 0 aromatic heterocycles. The molecule has 3 rings (SSSR count). The van der Waals surface area contributed by atoms with E-state index >= 15 is 0 Å². The van der Waals surface area contributed by atoms with Crippen molar-refractivity contribution in [2.24, 2.45) is 4.99 Å². The molecule has 2 aromatic rings. The summed E-state index contributed by atoms with van der Waals surface area (Å²) < 4.78 is 33.0. The van der Waals surface area contributed by atoms with Crippen molar-refractivity contribution in [1.29, 1.82) is 0 Å². The minimum absolute atomic E-state index is 0.110. The molecule has 0 saturated carbocycles. The number of methoxy groups -OCH3 is 1. The molecule has 6 nitrogen and oxygen atoms in total. The summed E-state index contributed by atoms with van der Waals surface area (Å²) in [6.07, 6.45) is -0.378. The highest BCUT2D eigenvalue weighted by Gasteiger charge is 2.43. The molecule has 0 aliphatic carbocycles. The van der Waals surface area contributed by atoms with Crippen molar-refractivity contribution in [3.8, 4) is 5.75 Å². The Morgan fingerprint density at radius 1 is 1.23 bits per heavy atom. The first kappa shape index (κ1) is 21.4. The molecule has 158 valence electrons. The van der Waals surface area contributed by atoms with E-state index < -0.39 is 23.3 Å². The fourth-order valence-electron chi connectivity index (χ4n) is 3.22. The second kappa shape index (κ2) is 7.87. The van der Waals surface area contributed by atoms with E-state index in [0.717, 1.165) is 0 Å². The van der Waals surface area contributed by atoms with Crippen LogP contribution in [0.5, 0.6) is 5.75 Å². The average molecular weight is 416 g/mol. The third-order valence-corrected chi connectivity index (χ3v) is 4.96. The standard InChI is InChI=1S/C22H22F2N2O4/c1-4-21(23,24)15-6-5-7-16(12-15)25-20(28)18-13(2)26-22(29,19(18)27)14-8-10-17(30-3)11-9-14/h5-12,27,29H,4H2,1-3H3,(H,25,28). The summed E-state index contributed by atoms with van der Waals surface area (Å²) in [6, 6.07) is 11.5. The molecular formula is C22H22F2N2O4. The Morgan fingerprint density at radius 2 is 1.90 bits per heavy atom. The van der Waals surface area contributed by atoms with E-state index in [1.165, 1.54) is 57.4 Å². The molecule has 1 atom stereocenters. The first-order valence-electron chi connectivity index (χ1n) is 9.29. The van der Waals surface area contributed by atoms with Crippen molar-refractivity contribution in [2.45, 2.75) is 31.9 Å². The zero-order chi connectivity index (χ0) is 22.1. The van der Waals surface area contributed by atoms with Crippen molar-refractivity contribution in [2.75, 3.05) is 12.4 Å². The van der Waals surface area contributed by atoms with E-state index in [1.54, 1.807) is 12.1 Å². The maximum atomic E-state index is 13.9. The number of ether oxygens (including phenoxy) is 1. The lowest BCUT2D eigenvalue weighted by Gasteiger charge is -2.20. The maximum absolute atomic E-state index is 13.9. The van der Waals surface area contributed by atoms with Crippen molar-refractivity contribution in [3.63, 3.8) is 0 Å². The Bertz CT molecular complexity index is 1030. The van der Waals surface area contributed by atoms with Crippen LogP contribution in [0.25, 0.3) is 0 Å². The Morgan fingerprint density at radius 3 is 2.50 bits per heavy atom. The van der Waals surface area contributed by atoms with Gasteiger partial charge in [-0.15, -0.1) is 0 Å². The number of amides is 1. The van der Waals surface area contributed by atoms with Crippen LogP contribution in [0.3, 0.4) is 0 Å². The molecule has 1 heterocycles. The largest absolute Gasteiger partial charge is 0.506 e. The van der Waals surface area contributed by atoms with Gasteiger partial charge in [-0.05, 0) is 43.3 Å². The van der Waals surface area contributed by atoms with E-state index in [2.05, 4.69) is 10.3 Å². The van der Waals surface area contributed by atoms with Crippen molar-refractivity contribution in [3.05, 3.63) is 71.0 Å². The van der Waals surface area contributed by atoms with Crippen LogP contribution in [0, 0.1) is 0 Å². The van der Waals surface area contributed by atoms with Gasteiger partial charge in [0.15, 0.2) is 5.76 Å². The summed E-state index contributed by atoms with van der Waals surface area (Å²) >= 11 is 0. The van der Waals surface area contributed by atoms with Crippen molar-refractivity contribution in [1.82, 2.24) is 0 Å². The first-order chi connectivity index (χ1) is 14.1. The van der Waals surface area contributed by atoms with Gasteiger partial charge < -0.3 is 20.3 Å². The summed E-state index contributed by atoms with van der Waals surface area (Å²) in [7, 11) is 1.49. The molecule has 30 heavy (non-hydrogen) atoms. The summed E-state index contributed by atoms with van der Waals surface area (Å²) in [4.78, 5) is 16.8.